The van der Waals surface area contributed by atoms with Gasteiger partial charge >= 0.3 is 0 Å². The molecule has 0 bridgehead atoms. The Kier molecular flexibility index (Phi) is 5.25. The molecule has 1 aromatic carbocycles. The van der Waals surface area contributed by atoms with Crippen LogP contribution in [0.3, 0.4) is 0 Å². The van der Waals surface area contributed by atoms with E-state index in [2.05, 4.69) is 5.32 Å². The monoisotopic (exact) mass is 365 g/mol. The van der Waals surface area contributed by atoms with Gasteiger partial charge in [0, 0.05) is 6.92 Å². The summed E-state index contributed by atoms with van der Waals surface area (Å²) in [5, 5.41) is 13.6. The fourth-order valence-corrected chi connectivity index (χ4v) is 3.29. The SMILES string of the molecule is CC(=O)N[C@H]1[C@@H](Oc2cc(C)ccc2C)O[C@H]2COC(C)(C)O[C@@H]2[C@H]1O. The zero-order chi connectivity index (χ0) is 19.1. The number of hydrogen-bond acceptors (Lipinski definition) is 6. The van der Waals surface area contributed by atoms with E-state index in [9.17, 15) is 9.90 Å². The Labute approximate surface area is 153 Å². The van der Waals surface area contributed by atoms with Crippen molar-refractivity contribution in [2.24, 2.45) is 0 Å². The van der Waals surface area contributed by atoms with Crippen LogP contribution in [-0.2, 0) is 19.0 Å². The van der Waals surface area contributed by atoms with Gasteiger partial charge in [-0.05, 0) is 44.9 Å². The standard InChI is InChI=1S/C19H27NO6/c1-10-6-7-11(2)13(8-10)24-18-15(20-12(3)21)16(22)17-14(25-18)9-23-19(4,5)26-17/h6-8,14-18,22H,9H2,1-5H3,(H,20,21)/t14-,15+,16-,17-,18-/m0/s1. The first-order valence-corrected chi connectivity index (χ1v) is 8.82. The number of aliphatic hydroxyl groups is 1. The van der Waals surface area contributed by atoms with Crippen LogP contribution < -0.4 is 10.1 Å². The molecule has 3 rings (SSSR count). The van der Waals surface area contributed by atoms with Crippen molar-refractivity contribution in [2.75, 3.05) is 6.61 Å². The minimum absolute atomic E-state index is 0.272. The van der Waals surface area contributed by atoms with Gasteiger partial charge in [0.15, 0.2) is 5.79 Å². The quantitative estimate of drug-likeness (QED) is 0.843. The second kappa shape index (κ2) is 7.15. The van der Waals surface area contributed by atoms with Gasteiger partial charge in [0.1, 0.15) is 30.1 Å². The third-order valence-corrected chi connectivity index (χ3v) is 4.64. The number of nitrogens with one attached hydrogen (secondary N) is 1. The van der Waals surface area contributed by atoms with E-state index in [4.69, 9.17) is 18.9 Å². The lowest BCUT2D eigenvalue weighted by Crippen LogP contribution is -2.69. The highest BCUT2D eigenvalue weighted by Gasteiger charge is 2.52. The summed E-state index contributed by atoms with van der Waals surface area (Å²) >= 11 is 0. The third kappa shape index (κ3) is 4.01. The maximum Gasteiger partial charge on any atom is 0.223 e. The average Bonchev–Trinajstić information content (AvgIpc) is 2.54. The molecule has 7 heteroatoms. The molecular formula is C19H27NO6. The lowest BCUT2D eigenvalue weighted by molar-refractivity contribution is -0.361. The van der Waals surface area contributed by atoms with Crippen molar-refractivity contribution in [1.29, 1.82) is 0 Å². The molecule has 2 fully saturated rings. The first-order valence-electron chi connectivity index (χ1n) is 8.82. The van der Waals surface area contributed by atoms with Gasteiger partial charge in [-0.3, -0.25) is 4.79 Å². The molecule has 0 unspecified atom stereocenters. The van der Waals surface area contributed by atoms with Crippen LogP contribution in [-0.4, -0.2) is 54.1 Å². The van der Waals surface area contributed by atoms with Gasteiger partial charge in [0.2, 0.25) is 12.2 Å². The van der Waals surface area contributed by atoms with E-state index in [1.165, 1.54) is 6.92 Å². The van der Waals surface area contributed by atoms with E-state index in [0.717, 1.165) is 11.1 Å². The Morgan fingerprint density at radius 1 is 1.35 bits per heavy atom. The molecule has 0 spiro atoms. The van der Waals surface area contributed by atoms with Crippen molar-refractivity contribution in [2.45, 2.75) is 71.0 Å². The summed E-state index contributed by atoms with van der Waals surface area (Å²) in [6.07, 6.45) is -2.95. The van der Waals surface area contributed by atoms with Crippen molar-refractivity contribution in [3.63, 3.8) is 0 Å². The van der Waals surface area contributed by atoms with Crippen LogP contribution >= 0.6 is 0 Å². The van der Waals surface area contributed by atoms with Crippen LogP contribution in [0.15, 0.2) is 18.2 Å². The van der Waals surface area contributed by atoms with Gasteiger partial charge in [-0.1, -0.05) is 12.1 Å². The largest absolute Gasteiger partial charge is 0.462 e. The summed E-state index contributed by atoms with van der Waals surface area (Å²) in [6, 6.07) is 5.09. The Morgan fingerprint density at radius 2 is 2.08 bits per heavy atom. The summed E-state index contributed by atoms with van der Waals surface area (Å²) < 4.78 is 23.5. The molecule has 0 saturated carbocycles. The molecule has 5 atom stereocenters. The maximum absolute atomic E-state index is 11.7. The molecule has 26 heavy (non-hydrogen) atoms. The number of carbonyl (C=O) groups is 1. The molecule has 0 radical (unpaired) electrons. The van der Waals surface area contributed by atoms with E-state index in [0.29, 0.717) is 5.75 Å². The van der Waals surface area contributed by atoms with Crippen LogP contribution in [0, 0.1) is 13.8 Å². The number of hydrogen-bond donors (Lipinski definition) is 2. The highest BCUT2D eigenvalue weighted by atomic mass is 16.8. The van der Waals surface area contributed by atoms with Crippen molar-refractivity contribution >= 4 is 5.91 Å². The Bertz CT molecular complexity index is 676. The van der Waals surface area contributed by atoms with E-state index >= 15 is 0 Å². The second-order valence-corrected chi connectivity index (χ2v) is 7.44. The van der Waals surface area contributed by atoms with Crippen LogP contribution in [0.2, 0.25) is 0 Å². The van der Waals surface area contributed by atoms with Gasteiger partial charge < -0.3 is 29.4 Å². The summed E-state index contributed by atoms with van der Waals surface area (Å²) in [5.74, 6) is -0.460. The maximum atomic E-state index is 11.7. The summed E-state index contributed by atoms with van der Waals surface area (Å²) in [7, 11) is 0. The average molecular weight is 365 g/mol. The lowest BCUT2D eigenvalue weighted by atomic mass is 9.95. The molecule has 1 aromatic rings. The van der Waals surface area contributed by atoms with Gasteiger partial charge in [-0.15, -0.1) is 0 Å². The fraction of sp³-hybridized carbons (Fsp3) is 0.632. The van der Waals surface area contributed by atoms with E-state index in [1.54, 1.807) is 13.8 Å². The molecule has 2 N–H and O–H groups in total. The normalized spacial score (nSPS) is 33.2. The number of aryl methyl sites for hydroxylation is 2. The van der Waals surface area contributed by atoms with E-state index in [1.807, 2.05) is 32.0 Å². The number of fused-ring (bicyclic) bond motifs is 1. The highest BCUT2D eigenvalue weighted by molar-refractivity contribution is 5.73. The first-order chi connectivity index (χ1) is 12.2. The van der Waals surface area contributed by atoms with Gasteiger partial charge in [0.05, 0.1) is 6.61 Å². The zero-order valence-corrected chi connectivity index (χ0v) is 15.8. The number of carbonyl (C=O) groups excluding carboxylic acids is 1. The van der Waals surface area contributed by atoms with Gasteiger partial charge in [-0.25, -0.2) is 0 Å². The molecular weight excluding hydrogens is 338 g/mol. The second-order valence-electron chi connectivity index (χ2n) is 7.44. The molecule has 1 amide bonds. The van der Waals surface area contributed by atoms with Crippen molar-refractivity contribution < 1.29 is 28.8 Å². The third-order valence-electron chi connectivity index (χ3n) is 4.64. The number of benzene rings is 1. The van der Waals surface area contributed by atoms with Gasteiger partial charge in [0.25, 0.3) is 0 Å². The Balaban J connectivity index is 1.85. The van der Waals surface area contributed by atoms with Gasteiger partial charge in [-0.2, -0.15) is 0 Å². The number of rotatable bonds is 3. The molecule has 2 aliphatic rings. The van der Waals surface area contributed by atoms with Crippen LogP contribution in [0.4, 0.5) is 0 Å². The number of aliphatic hydroxyl groups excluding tert-OH is 1. The van der Waals surface area contributed by atoms with Crippen LogP contribution in [0.25, 0.3) is 0 Å². The van der Waals surface area contributed by atoms with Crippen LogP contribution in [0.5, 0.6) is 5.75 Å². The smallest absolute Gasteiger partial charge is 0.223 e. The molecule has 2 heterocycles. The van der Waals surface area contributed by atoms with Crippen molar-refractivity contribution in [3.05, 3.63) is 29.3 Å². The highest BCUT2D eigenvalue weighted by Crippen LogP contribution is 2.34. The topological polar surface area (TPSA) is 86.3 Å². The minimum atomic E-state index is -0.990. The molecule has 144 valence electrons. The predicted molar refractivity (Wildman–Crippen MR) is 93.7 cm³/mol. The van der Waals surface area contributed by atoms with E-state index in [-0.39, 0.29) is 12.5 Å². The Morgan fingerprint density at radius 3 is 2.77 bits per heavy atom. The summed E-state index contributed by atoms with van der Waals surface area (Å²) in [6.45, 7) is 9.12. The summed E-state index contributed by atoms with van der Waals surface area (Å²) in [5.41, 5.74) is 1.98. The lowest BCUT2D eigenvalue weighted by Gasteiger charge is -2.49. The van der Waals surface area contributed by atoms with Crippen molar-refractivity contribution in [1.82, 2.24) is 5.32 Å². The fourth-order valence-electron chi connectivity index (χ4n) is 3.29. The van der Waals surface area contributed by atoms with Crippen molar-refractivity contribution in [3.8, 4) is 5.75 Å². The zero-order valence-electron chi connectivity index (χ0n) is 15.8. The predicted octanol–water partition coefficient (Wildman–Crippen LogP) is 1.42. The number of ether oxygens (including phenoxy) is 4. The number of amides is 1. The molecule has 2 saturated heterocycles. The molecule has 7 nitrogen and oxygen atoms in total. The summed E-state index contributed by atoms with van der Waals surface area (Å²) in [4.78, 5) is 11.7. The Hall–Kier alpha value is -1.67. The molecule has 2 aliphatic heterocycles. The van der Waals surface area contributed by atoms with Crippen LogP contribution in [0.1, 0.15) is 31.9 Å². The first kappa shape index (κ1) is 19.1. The molecule has 0 aromatic heterocycles. The molecule has 0 aliphatic carbocycles. The van der Waals surface area contributed by atoms with E-state index < -0.39 is 36.4 Å². The minimum Gasteiger partial charge on any atom is -0.462 e.